The zero-order chi connectivity index (χ0) is 17.4. The third-order valence-corrected chi connectivity index (χ3v) is 3.44. The van der Waals surface area contributed by atoms with Crippen molar-refractivity contribution in [1.82, 2.24) is 0 Å². The number of ether oxygens (including phenoxy) is 2. The number of aryl methyl sites for hydroxylation is 1. The number of hydrogen-bond donors (Lipinski definition) is 1. The molecule has 0 unspecified atom stereocenters. The lowest BCUT2D eigenvalue weighted by molar-refractivity contribution is -0.118. The van der Waals surface area contributed by atoms with Crippen LogP contribution >= 0.6 is 0 Å². The van der Waals surface area contributed by atoms with Crippen molar-refractivity contribution < 1.29 is 14.3 Å². The van der Waals surface area contributed by atoms with Crippen LogP contribution in [-0.2, 0) is 4.79 Å². The minimum atomic E-state index is -0.198. The quantitative estimate of drug-likeness (QED) is 0.780. The number of amides is 1. The highest BCUT2D eigenvalue weighted by molar-refractivity contribution is 5.92. The number of carbonyl (C=O) groups excluding carboxylic acids is 1. The highest BCUT2D eigenvalue weighted by atomic mass is 16.5. The molecule has 2 rings (SSSR count). The topological polar surface area (TPSA) is 47.6 Å². The van der Waals surface area contributed by atoms with Crippen LogP contribution in [0.3, 0.4) is 0 Å². The van der Waals surface area contributed by atoms with Crippen molar-refractivity contribution in [2.75, 3.05) is 18.5 Å². The lowest BCUT2D eigenvalue weighted by Gasteiger charge is -2.11. The van der Waals surface area contributed by atoms with Gasteiger partial charge in [0.1, 0.15) is 11.5 Å². The smallest absolute Gasteiger partial charge is 0.262 e. The summed E-state index contributed by atoms with van der Waals surface area (Å²) >= 11 is 0. The molecule has 0 aliphatic carbocycles. The maximum atomic E-state index is 12.0. The van der Waals surface area contributed by atoms with Crippen molar-refractivity contribution in [3.8, 4) is 11.5 Å². The Kier molecular flexibility index (Phi) is 6.67. The second-order valence-corrected chi connectivity index (χ2v) is 6.21. The van der Waals surface area contributed by atoms with Crippen LogP contribution in [0.2, 0.25) is 0 Å². The molecule has 0 saturated heterocycles. The maximum Gasteiger partial charge on any atom is 0.262 e. The number of carbonyl (C=O) groups is 1. The zero-order valence-electron chi connectivity index (χ0n) is 14.5. The highest BCUT2D eigenvalue weighted by Crippen LogP contribution is 2.18. The molecule has 0 fully saturated rings. The summed E-state index contributed by atoms with van der Waals surface area (Å²) < 4.78 is 11.2. The third-order valence-electron chi connectivity index (χ3n) is 3.44. The molecule has 1 amide bonds. The number of benzene rings is 2. The standard InChI is InChI=1S/C20H25NO3/c1-15(2)10-11-23-19-9-5-7-17(13-19)21-20(22)14-24-18-8-4-6-16(3)12-18/h4-9,12-13,15H,10-11,14H2,1-3H3,(H,21,22). The van der Waals surface area contributed by atoms with Crippen LogP contribution in [0.25, 0.3) is 0 Å². The van der Waals surface area contributed by atoms with Crippen LogP contribution in [0.15, 0.2) is 48.5 Å². The van der Waals surface area contributed by atoms with E-state index in [-0.39, 0.29) is 12.5 Å². The van der Waals surface area contributed by atoms with Gasteiger partial charge in [0.2, 0.25) is 0 Å². The molecule has 0 bridgehead atoms. The molecule has 128 valence electrons. The van der Waals surface area contributed by atoms with Gasteiger partial charge in [-0.1, -0.05) is 32.0 Å². The van der Waals surface area contributed by atoms with Gasteiger partial charge >= 0.3 is 0 Å². The van der Waals surface area contributed by atoms with Crippen molar-refractivity contribution >= 4 is 11.6 Å². The summed E-state index contributed by atoms with van der Waals surface area (Å²) in [5, 5.41) is 2.82. The Labute approximate surface area is 143 Å². The predicted molar refractivity (Wildman–Crippen MR) is 96.7 cm³/mol. The van der Waals surface area contributed by atoms with Crippen LogP contribution in [-0.4, -0.2) is 19.1 Å². The largest absolute Gasteiger partial charge is 0.494 e. The van der Waals surface area contributed by atoms with Crippen LogP contribution in [0.1, 0.15) is 25.8 Å². The van der Waals surface area contributed by atoms with Gasteiger partial charge in [0.25, 0.3) is 5.91 Å². The molecule has 0 heterocycles. The first-order chi connectivity index (χ1) is 11.5. The number of anilines is 1. The van der Waals surface area contributed by atoms with Gasteiger partial charge in [0, 0.05) is 11.8 Å². The molecule has 2 aromatic rings. The van der Waals surface area contributed by atoms with Gasteiger partial charge in [0.05, 0.1) is 6.61 Å². The van der Waals surface area contributed by atoms with Crippen molar-refractivity contribution in [2.24, 2.45) is 5.92 Å². The van der Waals surface area contributed by atoms with E-state index < -0.39 is 0 Å². The lowest BCUT2D eigenvalue weighted by atomic mass is 10.1. The second-order valence-electron chi connectivity index (χ2n) is 6.21. The second kappa shape index (κ2) is 8.96. The molecule has 0 aliphatic rings. The minimum absolute atomic E-state index is 0.0259. The number of nitrogens with one attached hydrogen (secondary N) is 1. The SMILES string of the molecule is Cc1cccc(OCC(=O)Nc2cccc(OCCC(C)C)c2)c1. The third kappa shape index (κ3) is 6.32. The first-order valence-electron chi connectivity index (χ1n) is 8.25. The van der Waals surface area contributed by atoms with Crippen LogP contribution in [0, 0.1) is 12.8 Å². The van der Waals surface area contributed by atoms with Gasteiger partial charge in [-0.3, -0.25) is 4.79 Å². The molecule has 2 aromatic carbocycles. The van der Waals surface area contributed by atoms with E-state index >= 15 is 0 Å². The molecule has 4 nitrogen and oxygen atoms in total. The Balaban J connectivity index is 1.82. The van der Waals surface area contributed by atoms with E-state index in [9.17, 15) is 4.79 Å². The van der Waals surface area contributed by atoms with Gasteiger partial charge in [-0.15, -0.1) is 0 Å². The molecule has 0 radical (unpaired) electrons. The van der Waals surface area contributed by atoms with Gasteiger partial charge in [-0.25, -0.2) is 0 Å². The summed E-state index contributed by atoms with van der Waals surface area (Å²) in [6, 6.07) is 15.0. The Morgan fingerprint density at radius 1 is 1.04 bits per heavy atom. The average Bonchev–Trinajstić information content (AvgIpc) is 2.53. The van der Waals surface area contributed by atoms with E-state index in [1.165, 1.54) is 0 Å². The van der Waals surface area contributed by atoms with Crippen molar-refractivity contribution in [3.05, 3.63) is 54.1 Å². The summed E-state index contributed by atoms with van der Waals surface area (Å²) in [5.74, 6) is 1.85. The zero-order valence-corrected chi connectivity index (χ0v) is 14.5. The average molecular weight is 327 g/mol. The molecule has 1 N–H and O–H groups in total. The summed E-state index contributed by atoms with van der Waals surface area (Å²) in [6.45, 7) is 6.95. The van der Waals surface area contributed by atoms with E-state index in [1.807, 2.05) is 55.5 Å². The fourth-order valence-corrected chi connectivity index (χ4v) is 2.13. The molecular formula is C20H25NO3. The van der Waals surface area contributed by atoms with Crippen molar-refractivity contribution in [2.45, 2.75) is 27.2 Å². The van der Waals surface area contributed by atoms with E-state index in [1.54, 1.807) is 0 Å². The Bertz CT molecular complexity index is 667. The summed E-state index contributed by atoms with van der Waals surface area (Å²) in [5.41, 5.74) is 1.80. The fraction of sp³-hybridized carbons (Fsp3) is 0.350. The lowest BCUT2D eigenvalue weighted by Crippen LogP contribution is -2.20. The molecule has 0 spiro atoms. The first kappa shape index (κ1) is 17.9. The van der Waals surface area contributed by atoms with Gasteiger partial charge in [-0.05, 0) is 49.1 Å². The maximum absolute atomic E-state index is 12.0. The molecule has 4 heteroatoms. The normalized spacial score (nSPS) is 10.5. The molecule has 0 saturated carbocycles. The molecule has 0 aliphatic heterocycles. The Hall–Kier alpha value is -2.49. The van der Waals surface area contributed by atoms with Crippen LogP contribution in [0.5, 0.6) is 11.5 Å². The molecule has 24 heavy (non-hydrogen) atoms. The Morgan fingerprint density at radius 2 is 1.75 bits per heavy atom. The molecular weight excluding hydrogens is 302 g/mol. The van der Waals surface area contributed by atoms with E-state index in [0.717, 1.165) is 17.7 Å². The van der Waals surface area contributed by atoms with Crippen LogP contribution < -0.4 is 14.8 Å². The van der Waals surface area contributed by atoms with Gasteiger partial charge in [-0.2, -0.15) is 0 Å². The van der Waals surface area contributed by atoms with Gasteiger partial charge < -0.3 is 14.8 Å². The molecule has 0 aromatic heterocycles. The molecule has 0 atom stereocenters. The van der Waals surface area contributed by atoms with Crippen molar-refractivity contribution in [1.29, 1.82) is 0 Å². The Morgan fingerprint density at radius 3 is 2.46 bits per heavy atom. The van der Waals surface area contributed by atoms with E-state index in [0.29, 0.717) is 24.0 Å². The predicted octanol–water partition coefficient (Wildman–Crippen LogP) is 4.44. The van der Waals surface area contributed by atoms with Crippen LogP contribution in [0.4, 0.5) is 5.69 Å². The van der Waals surface area contributed by atoms with Gasteiger partial charge in [0.15, 0.2) is 6.61 Å². The van der Waals surface area contributed by atoms with E-state index in [4.69, 9.17) is 9.47 Å². The highest BCUT2D eigenvalue weighted by Gasteiger charge is 2.05. The fourth-order valence-electron chi connectivity index (χ4n) is 2.13. The summed E-state index contributed by atoms with van der Waals surface area (Å²) in [6.07, 6.45) is 1.00. The first-order valence-corrected chi connectivity index (χ1v) is 8.25. The van der Waals surface area contributed by atoms with E-state index in [2.05, 4.69) is 19.2 Å². The monoisotopic (exact) mass is 327 g/mol. The number of hydrogen-bond acceptors (Lipinski definition) is 3. The van der Waals surface area contributed by atoms with Crippen molar-refractivity contribution in [3.63, 3.8) is 0 Å². The summed E-state index contributed by atoms with van der Waals surface area (Å²) in [7, 11) is 0. The summed E-state index contributed by atoms with van der Waals surface area (Å²) in [4.78, 5) is 12.0. The number of rotatable bonds is 8. The minimum Gasteiger partial charge on any atom is -0.494 e.